The van der Waals surface area contributed by atoms with Crippen LogP contribution in [0, 0.1) is 0 Å². The van der Waals surface area contributed by atoms with Gasteiger partial charge in [-0.15, -0.1) is 0 Å². The largest absolute Gasteiger partial charge is 0.355 e. The molecule has 0 spiro atoms. The Kier molecular flexibility index (Phi) is 9.24. The molecule has 0 atom stereocenters. The summed E-state index contributed by atoms with van der Waals surface area (Å²) in [5, 5.41) is 6.13. The number of nitrogens with zero attached hydrogens (tertiary/aromatic N) is 1. The predicted molar refractivity (Wildman–Crippen MR) is 108 cm³/mol. The van der Waals surface area contributed by atoms with E-state index in [9.17, 15) is 13.2 Å². The fourth-order valence-corrected chi connectivity index (χ4v) is 4.71. The molecule has 0 aromatic heterocycles. The topological polar surface area (TPSA) is 78.5 Å². The van der Waals surface area contributed by atoms with Crippen molar-refractivity contribution in [2.75, 3.05) is 32.7 Å². The Hall–Kier alpha value is -1.44. The van der Waals surface area contributed by atoms with Gasteiger partial charge < -0.3 is 10.6 Å². The van der Waals surface area contributed by atoms with E-state index in [4.69, 9.17) is 0 Å². The predicted octanol–water partition coefficient (Wildman–Crippen LogP) is 2.30. The van der Waals surface area contributed by atoms with Gasteiger partial charge in [-0.3, -0.25) is 4.79 Å². The smallest absolute Gasteiger partial charge is 0.243 e. The summed E-state index contributed by atoms with van der Waals surface area (Å²) in [5.74, 6) is 0.0227. The lowest BCUT2D eigenvalue weighted by molar-refractivity contribution is -0.121. The van der Waals surface area contributed by atoms with Gasteiger partial charge in [0.15, 0.2) is 0 Å². The van der Waals surface area contributed by atoms with Crippen molar-refractivity contribution in [2.24, 2.45) is 0 Å². The van der Waals surface area contributed by atoms with E-state index >= 15 is 0 Å². The molecular weight excluding hydrogens is 362 g/mol. The van der Waals surface area contributed by atoms with Gasteiger partial charge in [-0.05, 0) is 49.9 Å². The van der Waals surface area contributed by atoms with E-state index in [1.165, 1.54) is 0 Å². The number of hydrogen-bond donors (Lipinski definition) is 2. The highest BCUT2D eigenvalue weighted by Gasteiger charge is 2.24. The van der Waals surface area contributed by atoms with Crippen LogP contribution >= 0.6 is 0 Å². The zero-order valence-electron chi connectivity index (χ0n) is 16.4. The van der Waals surface area contributed by atoms with E-state index in [0.717, 1.165) is 50.8 Å². The molecule has 0 radical (unpaired) electrons. The van der Waals surface area contributed by atoms with Gasteiger partial charge in [-0.25, -0.2) is 8.42 Å². The van der Waals surface area contributed by atoms with E-state index in [1.54, 1.807) is 16.4 Å². The molecule has 2 rings (SSSR count). The second kappa shape index (κ2) is 11.4. The minimum absolute atomic E-state index is 0.0227. The van der Waals surface area contributed by atoms with E-state index in [1.807, 2.05) is 12.1 Å². The van der Waals surface area contributed by atoms with Crippen molar-refractivity contribution in [3.05, 3.63) is 29.8 Å². The Balaban J connectivity index is 1.81. The van der Waals surface area contributed by atoms with Crippen molar-refractivity contribution >= 4 is 15.9 Å². The maximum atomic E-state index is 12.8. The maximum Gasteiger partial charge on any atom is 0.243 e. The van der Waals surface area contributed by atoms with Crippen LogP contribution in [0.15, 0.2) is 29.2 Å². The molecule has 27 heavy (non-hydrogen) atoms. The summed E-state index contributed by atoms with van der Waals surface area (Å²) in [4.78, 5) is 12.2. The lowest BCUT2D eigenvalue weighted by atomic mass is 10.1. The molecular formula is C20H33N3O3S. The third-order valence-corrected chi connectivity index (χ3v) is 6.73. The Morgan fingerprint density at radius 1 is 1.00 bits per heavy atom. The molecule has 1 aromatic carbocycles. The summed E-state index contributed by atoms with van der Waals surface area (Å²) in [6, 6.07) is 6.98. The van der Waals surface area contributed by atoms with Gasteiger partial charge in [0.25, 0.3) is 0 Å². The number of carbonyl (C=O) groups excluding carboxylic acids is 1. The number of sulfonamides is 1. The summed E-state index contributed by atoms with van der Waals surface area (Å²) in [6.45, 7) is 5.70. The first-order valence-corrected chi connectivity index (χ1v) is 11.5. The second-order valence-corrected chi connectivity index (χ2v) is 9.00. The van der Waals surface area contributed by atoms with Crippen molar-refractivity contribution in [1.29, 1.82) is 0 Å². The van der Waals surface area contributed by atoms with Crippen LogP contribution in [0.25, 0.3) is 0 Å². The number of carbonyl (C=O) groups is 1. The molecule has 152 valence electrons. The average molecular weight is 396 g/mol. The normalized spacial score (nSPS) is 16.0. The molecule has 7 heteroatoms. The number of nitrogens with one attached hydrogen (secondary N) is 2. The third kappa shape index (κ3) is 7.24. The second-order valence-electron chi connectivity index (χ2n) is 7.06. The summed E-state index contributed by atoms with van der Waals surface area (Å²) < 4.78 is 27.1. The van der Waals surface area contributed by atoms with Gasteiger partial charge >= 0.3 is 0 Å². The molecule has 2 N–H and O–H groups in total. The van der Waals surface area contributed by atoms with Crippen LogP contribution in [0.1, 0.15) is 51.0 Å². The summed E-state index contributed by atoms with van der Waals surface area (Å²) in [7, 11) is -3.41. The van der Waals surface area contributed by atoms with Crippen LogP contribution in [-0.2, 0) is 21.2 Å². The molecule has 1 aromatic rings. The molecule has 0 saturated carbocycles. The van der Waals surface area contributed by atoms with Crippen LogP contribution in [0.2, 0.25) is 0 Å². The van der Waals surface area contributed by atoms with Crippen molar-refractivity contribution < 1.29 is 13.2 Å². The zero-order chi connectivity index (χ0) is 19.5. The number of hydrogen-bond acceptors (Lipinski definition) is 4. The number of rotatable bonds is 10. The highest BCUT2D eigenvalue weighted by Crippen LogP contribution is 2.21. The Morgan fingerprint density at radius 3 is 2.30 bits per heavy atom. The minimum atomic E-state index is -3.41. The molecule has 1 aliphatic heterocycles. The number of benzene rings is 1. The molecule has 1 aliphatic rings. The van der Waals surface area contributed by atoms with E-state index < -0.39 is 10.0 Å². The highest BCUT2D eigenvalue weighted by molar-refractivity contribution is 7.89. The Bertz CT molecular complexity index is 666. The third-order valence-electron chi connectivity index (χ3n) is 4.82. The van der Waals surface area contributed by atoms with Gasteiger partial charge in [0, 0.05) is 32.6 Å². The standard InChI is InChI=1S/C20H33N3O3S/c1-2-13-21-14-15-22-20(24)12-9-18-7-10-19(11-8-18)27(25,26)23-16-5-3-4-6-17-23/h7-8,10-11,21H,2-6,9,12-17H2,1H3,(H,22,24). The SMILES string of the molecule is CCCNCCNC(=O)CCc1ccc(S(=O)(=O)N2CCCCCC2)cc1. The zero-order valence-corrected chi connectivity index (χ0v) is 17.2. The fourth-order valence-electron chi connectivity index (χ4n) is 3.20. The molecule has 0 unspecified atom stereocenters. The van der Waals surface area contributed by atoms with E-state index in [2.05, 4.69) is 17.6 Å². The average Bonchev–Trinajstić information content (AvgIpc) is 2.96. The number of amides is 1. The van der Waals surface area contributed by atoms with Crippen LogP contribution in [0.5, 0.6) is 0 Å². The molecule has 6 nitrogen and oxygen atoms in total. The van der Waals surface area contributed by atoms with E-state index in [0.29, 0.717) is 37.4 Å². The molecule has 0 aliphatic carbocycles. The van der Waals surface area contributed by atoms with Crippen molar-refractivity contribution in [1.82, 2.24) is 14.9 Å². The van der Waals surface area contributed by atoms with Crippen LogP contribution in [-0.4, -0.2) is 51.4 Å². The summed E-state index contributed by atoms with van der Waals surface area (Å²) in [6.07, 6.45) is 6.16. The van der Waals surface area contributed by atoms with Crippen LogP contribution in [0.4, 0.5) is 0 Å². The maximum absolute atomic E-state index is 12.8. The van der Waals surface area contributed by atoms with Gasteiger partial charge in [-0.2, -0.15) is 4.31 Å². The first-order valence-electron chi connectivity index (χ1n) is 10.1. The molecule has 0 bridgehead atoms. The molecule has 1 heterocycles. The first-order chi connectivity index (χ1) is 13.0. The Labute approximate surface area is 163 Å². The van der Waals surface area contributed by atoms with Gasteiger partial charge in [-0.1, -0.05) is 31.9 Å². The van der Waals surface area contributed by atoms with E-state index in [-0.39, 0.29) is 5.91 Å². The van der Waals surface area contributed by atoms with Gasteiger partial charge in [0.1, 0.15) is 0 Å². The van der Waals surface area contributed by atoms with Crippen molar-refractivity contribution in [3.8, 4) is 0 Å². The lowest BCUT2D eigenvalue weighted by Crippen LogP contribution is -2.32. The van der Waals surface area contributed by atoms with Crippen LogP contribution < -0.4 is 10.6 Å². The molecule has 1 amide bonds. The minimum Gasteiger partial charge on any atom is -0.355 e. The van der Waals surface area contributed by atoms with Gasteiger partial charge in [0.2, 0.25) is 15.9 Å². The molecule has 1 saturated heterocycles. The fraction of sp³-hybridized carbons (Fsp3) is 0.650. The monoisotopic (exact) mass is 395 g/mol. The number of aryl methyl sites for hydroxylation is 1. The lowest BCUT2D eigenvalue weighted by Gasteiger charge is -2.20. The van der Waals surface area contributed by atoms with Crippen molar-refractivity contribution in [2.45, 2.75) is 56.8 Å². The van der Waals surface area contributed by atoms with Crippen molar-refractivity contribution in [3.63, 3.8) is 0 Å². The summed E-state index contributed by atoms with van der Waals surface area (Å²) in [5.41, 5.74) is 0.976. The Morgan fingerprint density at radius 2 is 1.67 bits per heavy atom. The van der Waals surface area contributed by atoms with Gasteiger partial charge in [0.05, 0.1) is 4.90 Å². The summed E-state index contributed by atoms with van der Waals surface area (Å²) >= 11 is 0. The van der Waals surface area contributed by atoms with Crippen LogP contribution in [0.3, 0.4) is 0 Å². The first kappa shape index (κ1) is 21.9. The highest BCUT2D eigenvalue weighted by atomic mass is 32.2. The quantitative estimate of drug-likeness (QED) is 0.596. The molecule has 1 fully saturated rings.